The molecule has 0 aliphatic carbocycles. The van der Waals surface area contributed by atoms with E-state index in [9.17, 15) is 0 Å². The van der Waals surface area contributed by atoms with Gasteiger partial charge in [-0.1, -0.05) is 0 Å². The fraction of sp³-hybridized carbons (Fsp3) is 0.778. The average Bonchev–Trinajstić information content (AvgIpc) is 2.35. The van der Waals surface area contributed by atoms with Crippen LogP contribution in [0.2, 0.25) is 5.28 Å². The van der Waals surface area contributed by atoms with Crippen LogP contribution in [0.1, 0.15) is 26.6 Å². The van der Waals surface area contributed by atoms with Crippen LogP contribution in [0.15, 0.2) is 0 Å². The lowest BCUT2D eigenvalue weighted by atomic mass is 10.1. The fourth-order valence-corrected chi connectivity index (χ4v) is 1.57. The summed E-state index contributed by atoms with van der Waals surface area (Å²) in [7, 11) is 0. The summed E-state index contributed by atoms with van der Waals surface area (Å²) < 4.78 is 7.42. The maximum Gasteiger partial charge on any atom is 0.225 e. The summed E-state index contributed by atoms with van der Waals surface area (Å²) in [5, 5.41) is 8.08. The van der Waals surface area contributed by atoms with E-state index in [0.717, 1.165) is 5.82 Å². The van der Waals surface area contributed by atoms with Gasteiger partial charge in [0.15, 0.2) is 0 Å². The van der Waals surface area contributed by atoms with Gasteiger partial charge >= 0.3 is 0 Å². The monoisotopic (exact) mass is 217 g/mol. The third-order valence-corrected chi connectivity index (χ3v) is 2.24. The minimum absolute atomic E-state index is 0.245. The Morgan fingerprint density at radius 3 is 2.50 bits per heavy atom. The van der Waals surface area contributed by atoms with Crippen LogP contribution >= 0.6 is 11.6 Å². The molecule has 5 heteroatoms. The molecule has 0 saturated carbocycles. The number of ether oxygens (including phenoxy) is 1. The van der Waals surface area contributed by atoms with E-state index < -0.39 is 0 Å². The van der Waals surface area contributed by atoms with Gasteiger partial charge < -0.3 is 4.74 Å². The minimum atomic E-state index is -0.245. The van der Waals surface area contributed by atoms with Crippen LogP contribution in [0.3, 0.4) is 0 Å². The molecule has 0 aliphatic rings. The van der Waals surface area contributed by atoms with Crippen LogP contribution in [0.5, 0.6) is 0 Å². The van der Waals surface area contributed by atoms with Crippen molar-refractivity contribution in [1.29, 1.82) is 0 Å². The van der Waals surface area contributed by atoms with Crippen LogP contribution in [-0.2, 0) is 11.3 Å². The Balaban J connectivity index is 2.77. The predicted molar refractivity (Wildman–Crippen MR) is 55.5 cm³/mol. The molecule has 4 nitrogen and oxygen atoms in total. The molecule has 0 bridgehead atoms. The molecule has 0 fully saturated rings. The highest BCUT2D eigenvalue weighted by Gasteiger charge is 2.21. The van der Waals surface area contributed by atoms with E-state index in [0.29, 0.717) is 18.4 Å². The first kappa shape index (κ1) is 11.5. The highest BCUT2D eigenvalue weighted by Crippen LogP contribution is 2.16. The number of hydrogen-bond donors (Lipinski definition) is 0. The lowest BCUT2D eigenvalue weighted by molar-refractivity contribution is -0.0227. The summed E-state index contributed by atoms with van der Waals surface area (Å²) in [5.74, 6) is 0.808. The second-order valence-corrected chi connectivity index (χ2v) is 4.13. The molecule has 0 amide bonds. The zero-order valence-electron chi connectivity index (χ0n) is 9.04. The van der Waals surface area contributed by atoms with E-state index in [-0.39, 0.29) is 5.60 Å². The molecule has 0 atom stereocenters. The van der Waals surface area contributed by atoms with Crippen LogP contribution in [0.4, 0.5) is 0 Å². The largest absolute Gasteiger partial charge is 0.374 e. The van der Waals surface area contributed by atoms with E-state index >= 15 is 0 Å². The summed E-state index contributed by atoms with van der Waals surface area (Å²) >= 11 is 5.89. The van der Waals surface area contributed by atoms with Crippen LogP contribution in [-0.4, -0.2) is 27.0 Å². The summed E-state index contributed by atoms with van der Waals surface area (Å²) in [6.07, 6.45) is 0. The lowest BCUT2D eigenvalue weighted by Crippen LogP contribution is -2.31. The SMILES string of the molecule is CCOC(C)(C)Cn1c(C)nnc1Cl. The smallest absolute Gasteiger partial charge is 0.225 e. The molecule has 0 spiro atoms. The molecular weight excluding hydrogens is 202 g/mol. The Hall–Kier alpha value is -0.610. The van der Waals surface area contributed by atoms with Crippen molar-refractivity contribution in [3.05, 3.63) is 11.1 Å². The van der Waals surface area contributed by atoms with Gasteiger partial charge in [0.1, 0.15) is 5.82 Å². The van der Waals surface area contributed by atoms with Gasteiger partial charge in [-0.3, -0.25) is 4.57 Å². The van der Waals surface area contributed by atoms with Crippen molar-refractivity contribution in [3.63, 3.8) is 0 Å². The number of aromatic nitrogens is 3. The van der Waals surface area contributed by atoms with E-state index in [1.807, 2.05) is 32.3 Å². The Bertz CT molecular complexity index is 290. The summed E-state index contributed by atoms with van der Waals surface area (Å²) in [6.45, 7) is 9.24. The summed E-state index contributed by atoms with van der Waals surface area (Å²) in [4.78, 5) is 0. The van der Waals surface area contributed by atoms with Crippen molar-refractivity contribution in [2.75, 3.05) is 6.61 Å². The minimum Gasteiger partial charge on any atom is -0.374 e. The van der Waals surface area contributed by atoms with Gasteiger partial charge in [-0.05, 0) is 39.3 Å². The molecule has 80 valence electrons. The van der Waals surface area contributed by atoms with Crippen LogP contribution in [0.25, 0.3) is 0 Å². The van der Waals surface area contributed by atoms with Gasteiger partial charge in [0, 0.05) is 6.61 Å². The van der Waals surface area contributed by atoms with Gasteiger partial charge in [-0.25, -0.2) is 0 Å². The van der Waals surface area contributed by atoms with E-state index in [1.54, 1.807) is 0 Å². The highest BCUT2D eigenvalue weighted by molar-refractivity contribution is 6.28. The standard InChI is InChI=1S/C9H16ClN3O/c1-5-14-9(3,4)6-13-7(2)11-12-8(13)10/h5-6H2,1-4H3. The van der Waals surface area contributed by atoms with E-state index in [2.05, 4.69) is 10.2 Å². The third-order valence-electron chi connectivity index (χ3n) is 1.96. The first-order valence-electron chi connectivity index (χ1n) is 4.65. The second kappa shape index (κ2) is 4.28. The second-order valence-electron chi connectivity index (χ2n) is 3.80. The van der Waals surface area contributed by atoms with Crippen molar-refractivity contribution in [2.24, 2.45) is 0 Å². The van der Waals surface area contributed by atoms with Gasteiger partial charge in [-0.2, -0.15) is 0 Å². The molecule has 1 aromatic heterocycles. The van der Waals surface area contributed by atoms with Crippen molar-refractivity contribution >= 4 is 11.6 Å². The summed E-state index contributed by atoms with van der Waals surface area (Å²) in [5.41, 5.74) is -0.245. The quantitative estimate of drug-likeness (QED) is 0.775. The Morgan fingerprint density at radius 2 is 2.07 bits per heavy atom. The molecule has 0 saturated heterocycles. The van der Waals surface area contributed by atoms with Gasteiger partial charge in [0.2, 0.25) is 5.28 Å². The third kappa shape index (κ3) is 2.69. The number of aryl methyl sites for hydroxylation is 1. The molecule has 0 aliphatic heterocycles. The molecule has 0 aromatic carbocycles. The molecule has 14 heavy (non-hydrogen) atoms. The Labute approximate surface area is 89.2 Å². The lowest BCUT2D eigenvalue weighted by Gasteiger charge is -2.25. The topological polar surface area (TPSA) is 39.9 Å². The van der Waals surface area contributed by atoms with Crippen LogP contribution in [0, 0.1) is 6.92 Å². The van der Waals surface area contributed by atoms with E-state index in [1.165, 1.54) is 0 Å². The number of hydrogen-bond acceptors (Lipinski definition) is 3. The molecule has 1 heterocycles. The highest BCUT2D eigenvalue weighted by atomic mass is 35.5. The maximum atomic E-state index is 5.89. The zero-order valence-corrected chi connectivity index (χ0v) is 9.80. The normalized spacial score (nSPS) is 12.1. The van der Waals surface area contributed by atoms with Crippen molar-refractivity contribution in [2.45, 2.75) is 39.8 Å². The van der Waals surface area contributed by atoms with E-state index in [4.69, 9.17) is 16.3 Å². The molecule has 1 rings (SSSR count). The number of rotatable bonds is 4. The van der Waals surface area contributed by atoms with Crippen molar-refractivity contribution in [1.82, 2.24) is 14.8 Å². The van der Waals surface area contributed by atoms with Gasteiger partial charge in [0.05, 0.1) is 12.1 Å². The van der Waals surface area contributed by atoms with Crippen molar-refractivity contribution < 1.29 is 4.74 Å². The van der Waals surface area contributed by atoms with Gasteiger partial charge in [-0.15, -0.1) is 10.2 Å². The number of halogens is 1. The van der Waals surface area contributed by atoms with Crippen LogP contribution < -0.4 is 0 Å². The molecule has 0 unspecified atom stereocenters. The summed E-state index contributed by atoms with van der Waals surface area (Å²) in [6, 6.07) is 0. The fourth-order valence-electron chi connectivity index (χ4n) is 1.35. The Kier molecular flexibility index (Phi) is 3.50. The van der Waals surface area contributed by atoms with Gasteiger partial charge in [0.25, 0.3) is 0 Å². The first-order valence-corrected chi connectivity index (χ1v) is 5.03. The predicted octanol–water partition coefficient (Wildman–Crippen LogP) is 2.06. The molecule has 0 N–H and O–H groups in total. The zero-order chi connectivity index (χ0) is 10.8. The first-order chi connectivity index (χ1) is 6.46. The number of nitrogens with zero attached hydrogens (tertiary/aromatic N) is 3. The molecule has 0 radical (unpaired) electrons. The molecular formula is C9H16ClN3O. The molecule has 1 aromatic rings. The maximum absolute atomic E-state index is 5.89. The Morgan fingerprint density at radius 1 is 1.43 bits per heavy atom. The van der Waals surface area contributed by atoms with Crippen molar-refractivity contribution in [3.8, 4) is 0 Å². The average molecular weight is 218 g/mol.